The van der Waals surface area contributed by atoms with Crippen molar-refractivity contribution in [3.8, 4) is 0 Å². The summed E-state index contributed by atoms with van der Waals surface area (Å²) in [7, 11) is -1.29. The number of benzene rings is 1. The van der Waals surface area contributed by atoms with Crippen LogP contribution >= 0.6 is 0 Å². The Bertz CT molecular complexity index is 1180. The van der Waals surface area contributed by atoms with Crippen LogP contribution in [0.25, 0.3) is 0 Å². The molecule has 4 rings (SSSR count). The molecule has 3 amide bonds. The third kappa shape index (κ3) is 7.45. The van der Waals surface area contributed by atoms with E-state index in [-0.39, 0.29) is 35.1 Å². The number of carbonyl (C=O) groups excluding carboxylic acids is 3. The van der Waals surface area contributed by atoms with Crippen LogP contribution in [-0.4, -0.2) is 74.7 Å². The molecule has 4 N–H and O–H groups in total. The van der Waals surface area contributed by atoms with Crippen molar-refractivity contribution in [2.24, 2.45) is 29.4 Å². The normalized spacial score (nSPS) is 26.5. The molecule has 1 aliphatic heterocycles. The summed E-state index contributed by atoms with van der Waals surface area (Å²) in [6.07, 6.45) is 9.11. The predicted molar refractivity (Wildman–Crippen MR) is 155 cm³/mol. The molecule has 0 spiro atoms. The fraction of sp³-hybridized carbons (Fsp3) is 0.690. The van der Waals surface area contributed by atoms with Gasteiger partial charge in [-0.2, -0.15) is 12.7 Å². The molecular weight excluding hydrogens is 549 g/mol. The highest BCUT2D eigenvalue weighted by atomic mass is 32.2. The molecule has 1 saturated heterocycles. The van der Waals surface area contributed by atoms with Crippen molar-refractivity contribution < 1.29 is 27.2 Å². The molecule has 41 heavy (non-hydrogen) atoms. The van der Waals surface area contributed by atoms with Gasteiger partial charge in [0.1, 0.15) is 12.7 Å². The van der Waals surface area contributed by atoms with Crippen LogP contribution in [-0.2, 0) is 19.8 Å². The lowest BCUT2D eigenvalue weighted by Gasteiger charge is -2.36. The number of nitrogens with two attached hydrogens (primary N) is 1. The SMILES string of the molecule is CN(C)S(=O)(=O)NC(=O)c1ccc(NC(=O)[C@@H]2[C@H](C3CCCCC3)CCN2C(=O)[C@H]2CC[C@H]([C@H](N)CF)CC2)cc1. The molecule has 0 unspecified atom stereocenters. The minimum Gasteiger partial charge on any atom is -0.330 e. The maximum Gasteiger partial charge on any atom is 0.303 e. The minimum atomic E-state index is -3.93. The van der Waals surface area contributed by atoms with Crippen molar-refractivity contribution in [3.63, 3.8) is 0 Å². The molecule has 0 radical (unpaired) electrons. The number of likely N-dealkylation sites (tertiary alicyclic amines) is 1. The van der Waals surface area contributed by atoms with Crippen molar-refractivity contribution in [1.29, 1.82) is 0 Å². The molecule has 228 valence electrons. The van der Waals surface area contributed by atoms with E-state index in [4.69, 9.17) is 5.73 Å². The highest BCUT2D eigenvalue weighted by Gasteiger charge is 2.47. The number of halogens is 1. The summed E-state index contributed by atoms with van der Waals surface area (Å²) >= 11 is 0. The molecular formula is C29H44FN5O5S. The van der Waals surface area contributed by atoms with Crippen molar-refractivity contribution >= 4 is 33.6 Å². The maximum absolute atomic E-state index is 13.8. The summed E-state index contributed by atoms with van der Waals surface area (Å²) in [5.74, 6) is -0.642. The molecule has 1 heterocycles. The van der Waals surface area contributed by atoms with Crippen molar-refractivity contribution in [2.75, 3.05) is 32.6 Å². The average Bonchev–Trinajstić information content (AvgIpc) is 3.42. The predicted octanol–water partition coefficient (Wildman–Crippen LogP) is 3.06. The number of hydrogen-bond acceptors (Lipinski definition) is 6. The fourth-order valence-electron chi connectivity index (χ4n) is 6.80. The zero-order valence-electron chi connectivity index (χ0n) is 24.1. The van der Waals surface area contributed by atoms with Gasteiger partial charge in [-0.15, -0.1) is 0 Å². The summed E-state index contributed by atoms with van der Waals surface area (Å²) in [6, 6.07) is 4.95. The summed E-state index contributed by atoms with van der Waals surface area (Å²) in [4.78, 5) is 41.7. The number of alkyl halides is 1. The number of nitrogens with one attached hydrogen (secondary N) is 2. The number of nitrogens with zero attached hydrogens (tertiary/aromatic N) is 2. The first-order chi connectivity index (χ1) is 19.5. The molecule has 12 heteroatoms. The van der Waals surface area contributed by atoms with E-state index in [9.17, 15) is 27.2 Å². The fourth-order valence-corrected chi connectivity index (χ4v) is 7.33. The van der Waals surface area contributed by atoms with Gasteiger partial charge >= 0.3 is 10.2 Å². The Morgan fingerprint density at radius 1 is 1.00 bits per heavy atom. The van der Waals surface area contributed by atoms with E-state index in [1.807, 2.05) is 4.72 Å². The summed E-state index contributed by atoms with van der Waals surface area (Å²) in [5, 5.41) is 2.95. The molecule has 0 aromatic heterocycles. The standard InChI is InChI=1S/C29H44FN5O5S/c1-34(2)41(39,40)33-27(36)21-12-14-23(15-13-21)32-28(37)26-24(19-6-4-3-5-7-19)16-17-35(26)29(38)22-10-8-20(9-11-22)25(31)18-30/h12-15,19-20,22,24-26H,3-11,16-18,31H2,1-2H3,(H,32,37)(H,33,36)/t20-,22-,24-,25+,26-/m0/s1. The first-order valence-electron chi connectivity index (χ1n) is 14.8. The van der Waals surface area contributed by atoms with Crippen molar-refractivity contribution in [1.82, 2.24) is 13.9 Å². The van der Waals surface area contributed by atoms with Crippen LogP contribution in [0.4, 0.5) is 10.1 Å². The topological polar surface area (TPSA) is 142 Å². The third-order valence-corrected chi connectivity index (χ3v) is 10.7. The van der Waals surface area contributed by atoms with E-state index in [1.54, 1.807) is 17.0 Å². The molecule has 3 atom stereocenters. The Morgan fingerprint density at radius 2 is 1.63 bits per heavy atom. The Balaban J connectivity index is 1.46. The van der Waals surface area contributed by atoms with Gasteiger partial charge in [-0.1, -0.05) is 32.1 Å². The van der Waals surface area contributed by atoms with Gasteiger partial charge in [-0.05, 0) is 74.1 Å². The van der Waals surface area contributed by atoms with E-state index in [2.05, 4.69) is 5.32 Å². The van der Waals surface area contributed by atoms with Gasteiger partial charge < -0.3 is 16.0 Å². The lowest BCUT2D eigenvalue weighted by molar-refractivity contribution is -0.142. The lowest BCUT2D eigenvalue weighted by Crippen LogP contribution is -2.50. The van der Waals surface area contributed by atoms with Crippen LogP contribution in [0.3, 0.4) is 0 Å². The van der Waals surface area contributed by atoms with Crippen LogP contribution < -0.4 is 15.8 Å². The molecule has 10 nitrogen and oxygen atoms in total. The lowest BCUT2D eigenvalue weighted by atomic mass is 9.76. The Kier molecular flexibility index (Phi) is 10.4. The molecule has 2 aliphatic carbocycles. The van der Waals surface area contributed by atoms with E-state index < -0.39 is 34.9 Å². The molecule has 3 fully saturated rings. The summed E-state index contributed by atoms with van der Waals surface area (Å²) < 4.78 is 39.9. The smallest absolute Gasteiger partial charge is 0.303 e. The van der Waals surface area contributed by atoms with E-state index >= 15 is 0 Å². The zero-order valence-corrected chi connectivity index (χ0v) is 24.9. The van der Waals surface area contributed by atoms with Gasteiger partial charge in [-0.3, -0.25) is 14.4 Å². The number of carbonyl (C=O) groups is 3. The molecule has 1 aromatic carbocycles. The van der Waals surface area contributed by atoms with Gasteiger partial charge in [-0.25, -0.2) is 9.11 Å². The molecule has 3 aliphatic rings. The highest BCUT2D eigenvalue weighted by molar-refractivity contribution is 7.87. The van der Waals surface area contributed by atoms with Gasteiger partial charge in [0.05, 0.1) is 0 Å². The van der Waals surface area contributed by atoms with Crippen molar-refractivity contribution in [3.05, 3.63) is 29.8 Å². The van der Waals surface area contributed by atoms with Crippen molar-refractivity contribution in [2.45, 2.75) is 76.3 Å². The van der Waals surface area contributed by atoms with E-state index in [0.29, 0.717) is 43.8 Å². The van der Waals surface area contributed by atoms with Gasteiger partial charge in [0.15, 0.2) is 0 Å². The Hall–Kier alpha value is -2.57. The largest absolute Gasteiger partial charge is 0.330 e. The first kappa shape index (κ1) is 31.4. The second-order valence-electron chi connectivity index (χ2n) is 12.0. The minimum absolute atomic E-state index is 0.00449. The van der Waals surface area contributed by atoms with Crippen LogP contribution in [0.5, 0.6) is 0 Å². The molecule has 0 bridgehead atoms. The zero-order chi connectivity index (χ0) is 29.7. The maximum atomic E-state index is 13.8. The van der Waals surface area contributed by atoms with Crippen LogP contribution in [0.15, 0.2) is 24.3 Å². The Labute approximate surface area is 242 Å². The quantitative estimate of drug-likeness (QED) is 0.402. The first-order valence-corrected chi connectivity index (χ1v) is 16.2. The Morgan fingerprint density at radius 3 is 2.22 bits per heavy atom. The highest BCUT2D eigenvalue weighted by Crippen LogP contribution is 2.41. The summed E-state index contributed by atoms with van der Waals surface area (Å²) in [5.41, 5.74) is 6.51. The van der Waals surface area contributed by atoms with E-state index in [0.717, 1.165) is 36.4 Å². The van der Waals surface area contributed by atoms with Crippen LogP contribution in [0.1, 0.15) is 74.6 Å². The van der Waals surface area contributed by atoms with E-state index in [1.165, 1.54) is 32.6 Å². The van der Waals surface area contributed by atoms with Gasteiger partial charge in [0.25, 0.3) is 5.91 Å². The average molecular weight is 594 g/mol. The second-order valence-corrected chi connectivity index (χ2v) is 13.9. The second kappa shape index (κ2) is 13.6. The third-order valence-electron chi connectivity index (χ3n) is 9.27. The summed E-state index contributed by atoms with van der Waals surface area (Å²) in [6.45, 7) is -0.0109. The number of amides is 3. The van der Waals surface area contributed by atoms with Crippen LogP contribution in [0.2, 0.25) is 0 Å². The number of hydrogen-bond donors (Lipinski definition) is 3. The van der Waals surface area contributed by atoms with Crippen LogP contribution in [0, 0.1) is 23.7 Å². The number of anilines is 1. The monoisotopic (exact) mass is 593 g/mol. The molecule has 2 saturated carbocycles. The molecule has 1 aromatic rings. The van der Waals surface area contributed by atoms with Gasteiger partial charge in [0, 0.05) is 43.9 Å². The van der Waals surface area contributed by atoms with Gasteiger partial charge in [0.2, 0.25) is 11.8 Å². The number of rotatable bonds is 9.